The zero-order chi connectivity index (χ0) is 17.6. The van der Waals surface area contributed by atoms with Crippen LogP contribution in [0.4, 0.5) is 11.4 Å². The maximum Gasteiger partial charge on any atom is 0.241 e. The number of carbonyl (C=O) groups is 1. The van der Waals surface area contributed by atoms with Gasteiger partial charge in [0.25, 0.3) is 0 Å². The van der Waals surface area contributed by atoms with Gasteiger partial charge in [0.15, 0.2) is 0 Å². The Balaban J connectivity index is 1.51. The van der Waals surface area contributed by atoms with E-state index >= 15 is 0 Å². The van der Waals surface area contributed by atoms with E-state index in [9.17, 15) is 4.79 Å². The molecule has 0 radical (unpaired) electrons. The quantitative estimate of drug-likeness (QED) is 0.843. The number of carbonyl (C=O) groups excluding carboxylic acids is 1. The number of piperidine rings is 1. The standard InChI is InChI=1S/C21H33N3O/c1-16-8-4-5-9-20(16)22-17(2)21(25)23-18-10-12-19(13-11-18)24-14-6-3-7-15-24/h10-13,16-17,20,22H,3-9,14-15H2,1-2H3,(H,23,25)/t16-,17-,20+/m0/s1. The molecule has 1 aromatic rings. The highest BCUT2D eigenvalue weighted by Crippen LogP contribution is 2.24. The fourth-order valence-corrected chi connectivity index (χ4v) is 4.12. The molecule has 1 heterocycles. The maximum atomic E-state index is 12.5. The molecule has 138 valence electrons. The SMILES string of the molecule is C[C@H](N[C@@H]1CCCC[C@@H]1C)C(=O)Nc1ccc(N2CCCCC2)cc1. The molecule has 0 spiro atoms. The van der Waals surface area contributed by atoms with Crippen molar-refractivity contribution in [2.24, 2.45) is 5.92 Å². The molecule has 0 unspecified atom stereocenters. The molecule has 4 heteroatoms. The number of rotatable bonds is 5. The van der Waals surface area contributed by atoms with Gasteiger partial charge < -0.3 is 15.5 Å². The smallest absolute Gasteiger partial charge is 0.241 e. The maximum absolute atomic E-state index is 12.5. The van der Waals surface area contributed by atoms with E-state index in [1.54, 1.807) is 0 Å². The largest absolute Gasteiger partial charge is 0.372 e. The van der Waals surface area contributed by atoms with E-state index in [0.717, 1.165) is 18.8 Å². The van der Waals surface area contributed by atoms with Crippen molar-refractivity contribution in [3.63, 3.8) is 0 Å². The van der Waals surface area contributed by atoms with E-state index in [1.807, 2.05) is 19.1 Å². The molecule has 25 heavy (non-hydrogen) atoms. The van der Waals surface area contributed by atoms with E-state index in [4.69, 9.17) is 0 Å². The van der Waals surface area contributed by atoms with Crippen LogP contribution in [0.1, 0.15) is 58.8 Å². The molecule has 2 fully saturated rings. The predicted molar refractivity (Wildman–Crippen MR) is 105 cm³/mol. The van der Waals surface area contributed by atoms with Crippen molar-refractivity contribution in [2.45, 2.75) is 70.9 Å². The van der Waals surface area contributed by atoms with Gasteiger partial charge in [-0.15, -0.1) is 0 Å². The second-order valence-electron chi connectivity index (χ2n) is 7.84. The average molecular weight is 344 g/mol. The number of amides is 1. The minimum atomic E-state index is -0.160. The third-order valence-electron chi connectivity index (χ3n) is 5.82. The van der Waals surface area contributed by atoms with Crippen LogP contribution in [-0.2, 0) is 4.79 Å². The number of hydrogen-bond donors (Lipinski definition) is 2. The van der Waals surface area contributed by atoms with Crippen LogP contribution in [0.3, 0.4) is 0 Å². The Hall–Kier alpha value is -1.55. The lowest BCUT2D eigenvalue weighted by Crippen LogP contribution is -2.47. The van der Waals surface area contributed by atoms with Crippen molar-refractivity contribution in [1.82, 2.24) is 5.32 Å². The Morgan fingerprint density at radius 1 is 1.04 bits per heavy atom. The van der Waals surface area contributed by atoms with Crippen molar-refractivity contribution in [3.05, 3.63) is 24.3 Å². The van der Waals surface area contributed by atoms with E-state index in [0.29, 0.717) is 12.0 Å². The molecule has 0 bridgehead atoms. The minimum Gasteiger partial charge on any atom is -0.372 e. The van der Waals surface area contributed by atoms with Crippen molar-refractivity contribution >= 4 is 17.3 Å². The molecular formula is C21H33N3O. The molecule has 2 N–H and O–H groups in total. The normalized spacial score (nSPS) is 25.4. The molecule has 1 saturated carbocycles. The van der Waals surface area contributed by atoms with Gasteiger partial charge in [0.2, 0.25) is 5.91 Å². The molecule has 4 nitrogen and oxygen atoms in total. The summed E-state index contributed by atoms with van der Waals surface area (Å²) in [5.74, 6) is 0.719. The van der Waals surface area contributed by atoms with Gasteiger partial charge in [-0.2, -0.15) is 0 Å². The molecule has 1 amide bonds. The van der Waals surface area contributed by atoms with Crippen LogP contribution < -0.4 is 15.5 Å². The molecule has 2 aliphatic rings. The summed E-state index contributed by atoms with van der Waals surface area (Å²) in [6.45, 7) is 6.55. The first-order valence-electron chi connectivity index (χ1n) is 10.1. The minimum absolute atomic E-state index is 0.0588. The summed E-state index contributed by atoms with van der Waals surface area (Å²) in [5.41, 5.74) is 2.15. The van der Waals surface area contributed by atoms with Crippen molar-refractivity contribution in [3.8, 4) is 0 Å². The first-order chi connectivity index (χ1) is 12.1. The second-order valence-corrected chi connectivity index (χ2v) is 7.84. The van der Waals surface area contributed by atoms with E-state index in [-0.39, 0.29) is 11.9 Å². The van der Waals surface area contributed by atoms with Gasteiger partial charge in [0.1, 0.15) is 0 Å². The molecule has 1 saturated heterocycles. The first kappa shape index (κ1) is 18.2. The lowest BCUT2D eigenvalue weighted by Gasteiger charge is -2.31. The molecule has 1 aromatic carbocycles. The molecular weight excluding hydrogens is 310 g/mol. The van der Waals surface area contributed by atoms with E-state index in [1.165, 1.54) is 50.6 Å². The van der Waals surface area contributed by atoms with Gasteiger partial charge in [0, 0.05) is 30.5 Å². The summed E-state index contributed by atoms with van der Waals surface area (Å²) in [7, 11) is 0. The average Bonchev–Trinajstić information content (AvgIpc) is 2.65. The topological polar surface area (TPSA) is 44.4 Å². The van der Waals surface area contributed by atoms with Crippen molar-refractivity contribution < 1.29 is 4.79 Å². The first-order valence-corrected chi connectivity index (χ1v) is 10.1. The van der Waals surface area contributed by atoms with Crippen LogP contribution in [0.5, 0.6) is 0 Å². The molecule has 0 aromatic heterocycles. The van der Waals surface area contributed by atoms with Gasteiger partial charge in [-0.25, -0.2) is 0 Å². The number of anilines is 2. The Morgan fingerprint density at radius 3 is 2.40 bits per heavy atom. The van der Waals surface area contributed by atoms with Crippen LogP contribution in [-0.4, -0.2) is 31.1 Å². The summed E-state index contributed by atoms with van der Waals surface area (Å²) in [4.78, 5) is 14.9. The second kappa shape index (κ2) is 8.70. The molecule has 1 aliphatic heterocycles. The van der Waals surface area contributed by atoms with Crippen LogP contribution in [0.2, 0.25) is 0 Å². The highest BCUT2D eigenvalue weighted by Gasteiger charge is 2.24. The molecule has 3 atom stereocenters. The summed E-state index contributed by atoms with van der Waals surface area (Å²) >= 11 is 0. The van der Waals surface area contributed by atoms with Crippen molar-refractivity contribution in [2.75, 3.05) is 23.3 Å². The summed E-state index contributed by atoms with van der Waals surface area (Å²) < 4.78 is 0. The third kappa shape index (κ3) is 4.97. The zero-order valence-corrected chi connectivity index (χ0v) is 15.8. The van der Waals surface area contributed by atoms with Gasteiger partial charge in [-0.3, -0.25) is 4.79 Å². The number of benzene rings is 1. The molecule has 1 aliphatic carbocycles. The summed E-state index contributed by atoms with van der Waals surface area (Å²) in [5, 5.41) is 6.59. The van der Waals surface area contributed by atoms with Gasteiger partial charge in [-0.1, -0.05) is 19.8 Å². The Bertz CT molecular complexity index is 551. The van der Waals surface area contributed by atoms with Crippen molar-refractivity contribution in [1.29, 1.82) is 0 Å². The fourth-order valence-electron chi connectivity index (χ4n) is 4.12. The van der Waals surface area contributed by atoms with E-state index < -0.39 is 0 Å². The Morgan fingerprint density at radius 2 is 1.72 bits per heavy atom. The highest BCUT2D eigenvalue weighted by molar-refractivity contribution is 5.94. The predicted octanol–water partition coefficient (Wildman–Crippen LogP) is 4.17. The van der Waals surface area contributed by atoms with Crippen LogP contribution in [0.15, 0.2) is 24.3 Å². The number of hydrogen-bond acceptors (Lipinski definition) is 3. The van der Waals surface area contributed by atoms with Crippen LogP contribution in [0.25, 0.3) is 0 Å². The number of nitrogens with zero attached hydrogens (tertiary/aromatic N) is 1. The fraction of sp³-hybridized carbons (Fsp3) is 0.667. The lowest BCUT2D eigenvalue weighted by molar-refractivity contribution is -0.118. The Labute approximate surface area is 152 Å². The monoisotopic (exact) mass is 343 g/mol. The highest BCUT2D eigenvalue weighted by atomic mass is 16.2. The summed E-state index contributed by atoms with van der Waals surface area (Å²) in [6.07, 6.45) is 8.95. The van der Waals surface area contributed by atoms with Gasteiger partial charge >= 0.3 is 0 Å². The third-order valence-corrected chi connectivity index (χ3v) is 5.82. The Kier molecular flexibility index (Phi) is 6.35. The molecule has 3 rings (SSSR count). The lowest BCUT2D eigenvalue weighted by atomic mass is 9.85. The zero-order valence-electron chi connectivity index (χ0n) is 15.8. The summed E-state index contributed by atoms with van der Waals surface area (Å²) in [6, 6.07) is 8.61. The van der Waals surface area contributed by atoms with E-state index in [2.05, 4.69) is 34.6 Å². The van der Waals surface area contributed by atoms with Crippen LogP contribution in [0, 0.1) is 5.92 Å². The van der Waals surface area contributed by atoms with Gasteiger partial charge in [-0.05, 0) is 69.2 Å². The van der Waals surface area contributed by atoms with Gasteiger partial charge in [0.05, 0.1) is 6.04 Å². The number of nitrogens with one attached hydrogen (secondary N) is 2. The van der Waals surface area contributed by atoms with Crippen LogP contribution >= 0.6 is 0 Å².